The average Bonchev–Trinajstić information content (AvgIpc) is 3.26. The van der Waals surface area contributed by atoms with Gasteiger partial charge < -0.3 is 35.4 Å². The first-order valence-electron chi connectivity index (χ1n) is 12.9. The SMILES string of the molecule is CC(=O)O.CC(=O)O.CN(C)Cc1cccc(Nc2ccc3c(c2)N(c2nc4c(s2)C(=O)NC(C)(C)C4)CCO3)n1. The molecule has 0 saturated carbocycles. The van der Waals surface area contributed by atoms with Crippen LogP contribution in [0.5, 0.6) is 5.75 Å². The van der Waals surface area contributed by atoms with Crippen LogP contribution in [0.15, 0.2) is 36.4 Å². The number of aromatic nitrogens is 2. The van der Waals surface area contributed by atoms with Gasteiger partial charge in [-0.05, 0) is 58.3 Å². The largest absolute Gasteiger partial charge is 0.490 e. The van der Waals surface area contributed by atoms with Crippen LogP contribution in [0.1, 0.15) is 48.8 Å². The van der Waals surface area contributed by atoms with Gasteiger partial charge in [-0.15, -0.1) is 0 Å². The number of hydrogen-bond donors (Lipinski definition) is 4. The Morgan fingerprint density at radius 1 is 1.15 bits per heavy atom. The number of fused-ring (bicyclic) bond motifs is 2. The zero-order valence-corrected chi connectivity index (χ0v) is 24.8. The van der Waals surface area contributed by atoms with Gasteiger partial charge in [0.15, 0.2) is 5.13 Å². The fourth-order valence-corrected chi connectivity index (χ4v) is 5.20. The van der Waals surface area contributed by atoms with Crippen molar-refractivity contribution >= 4 is 51.5 Å². The third-order valence-corrected chi connectivity index (χ3v) is 6.68. The fourth-order valence-electron chi connectivity index (χ4n) is 4.18. The quantitative estimate of drug-likeness (QED) is 0.342. The zero-order chi connectivity index (χ0) is 30.3. The van der Waals surface area contributed by atoms with Gasteiger partial charge in [0.2, 0.25) is 0 Å². The second-order valence-electron chi connectivity index (χ2n) is 10.4. The number of carboxylic acid groups (broad SMARTS) is 2. The van der Waals surface area contributed by atoms with E-state index in [0.717, 1.165) is 66.3 Å². The van der Waals surface area contributed by atoms with Crippen LogP contribution >= 0.6 is 11.3 Å². The third-order valence-electron chi connectivity index (χ3n) is 5.56. The van der Waals surface area contributed by atoms with Crippen molar-refractivity contribution in [2.75, 3.05) is 37.5 Å². The molecule has 2 aromatic heterocycles. The standard InChI is InChI=1S/C24H28N6O2S.2C2H4O2/c1-24(2)13-17-21(22(31)28-24)33-23(27-17)30-10-11-32-19-9-8-15(12-18(19)30)25-20-7-5-6-16(26-20)14-29(3)4;2*1-2(3)4/h5-9,12H,10-11,13-14H2,1-4H3,(H,25,26)(H,28,31);2*1H3,(H,3,4). The minimum absolute atomic E-state index is 0.0439. The maximum absolute atomic E-state index is 12.6. The summed E-state index contributed by atoms with van der Waals surface area (Å²) in [6.07, 6.45) is 0.721. The van der Waals surface area contributed by atoms with Gasteiger partial charge in [0.25, 0.3) is 17.8 Å². The molecule has 4 heterocycles. The van der Waals surface area contributed by atoms with Crippen molar-refractivity contribution in [1.82, 2.24) is 20.2 Å². The molecule has 12 nitrogen and oxygen atoms in total. The molecule has 0 atom stereocenters. The van der Waals surface area contributed by atoms with Gasteiger partial charge in [-0.2, -0.15) is 0 Å². The number of ether oxygens (including phenoxy) is 1. The lowest BCUT2D eigenvalue weighted by Crippen LogP contribution is -2.48. The van der Waals surface area contributed by atoms with Crippen molar-refractivity contribution in [1.29, 1.82) is 0 Å². The molecule has 0 aliphatic carbocycles. The number of carbonyl (C=O) groups is 3. The maximum Gasteiger partial charge on any atom is 0.300 e. The minimum Gasteiger partial charge on any atom is -0.490 e. The molecule has 0 fully saturated rings. The number of anilines is 4. The van der Waals surface area contributed by atoms with Crippen molar-refractivity contribution in [2.45, 2.75) is 46.2 Å². The first-order valence-corrected chi connectivity index (χ1v) is 13.7. The van der Waals surface area contributed by atoms with E-state index in [2.05, 4.69) is 26.5 Å². The fraction of sp³-hybridized carbons (Fsp3) is 0.393. The highest BCUT2D eigenvalue weighted by molar-refractivity contribution is 7.17. The summed E-state index contributed by atoms with van der Waals surface area (Å²) in [6, 6.07) is 12.0. The number of carboxylic acids is 2. The Hall–Kier alpha value is -4.23. The molecular formula is C28H36N6O6S. The van der Waals surface area contributed by atoms with E-state index in [4.69, 9.17) is 34.5 Å². The Balaban J connectivity index is 0.000000515. The summed E-state index contributed by atoms with van der Waals surface area (Å²) in [6.45, 7) is 8.23. The summed E-state index contributed by atoms with van der Waals surface area (Å²) in [5, 5.41) is 22.1. The van der Waals surface area contributed by atoms with Gasteiger partial charge in [0, 0.05) is 38.0 Å². The maximum atomic E-state index is 12.6. The number of rotatable bonds is 5. The molecule has 0 saturated heterocycles. The average molecular weight is 585 g/mol. The molecule has 4 N–H and O–H groups in total. The summed E-state index contributed by atoms with van der Waals surface area (Å²) < 4.78 is 5.91. The summed E-state index contributed by atoms with van der Waals surface area (Å²) in [4.78, 5) is 45.1. The molecule has 0 radical (unpaired) electrons. The van der Waals surface area contributed by atoms with Gasteiger partial charge >= 0.3 is 0 Å². The molecule has 3 aromatic rings. The van der Waals surface area contributed by atoms with Crippen LogP contribution in [0.25, 0.3) is 0 Å². The van der Waals surface area contributed by atoms with E-state index in [0.29, 0.717) is 18.0 Å². The second kappa shape index (κ2) is 13.4. The Morgan fingerprint density at radius 3 is 2.49 bits per heavy atom. The molecule has 13 heteroatoms. The number of nitrogens with zero attached hydrogens (tertiary/aromatic N) is 4. The van der Waals surface area contributed by atoms with Gasteiger partial charge in [-0.3, -0.25) is 14.4 Å². The Kier molecular flexibility index (Phi) is 10.2. The van der Waals surface area contributed by atoms with E-state index in [9.17, 15) is 4.79 Å². The van der Waals surface area contributed by atoms with Crippen LogP contribution in [0.3, 0.4) is 0 Å². The van der Waals surface area contributed by atoms with E-state index in [1.165, 1.54) is 11.3 Å². The number of amides is 1. The lowest BCUT2D eigenvalue weighted by atomic mass is 9.94. The molecule has 2 aliphatic heterocycles. The van der Waals surface area contributed by atoms with Crippen LogP contribution in [0.4, 0.5) is 22.3 Å². The lowest BCUT2D eigenvalue weighted by molar-refractivity contribution is -0.135. The molecule has 0 bridgehead atoms. The van der Waals surface area contributed by atoms with E-state index < -0.39 is 11.9 Å². The number of nitrogens with one attached hydrogen (secondary N) is 2. The first-order chi connectivity index (χ1) is 19.2. The highest BCUT2D eigenvalue weighted by Gasteiger charge is 2.34. The van der Waals surface area contributed by atoms with E-state index in [-0.39, 0.29) is 11.4 Å². The Morgan fingerprint density at radius 2 is 1.83 bits per heavy atom. The summed E-state index contributed by atoms with van der Waals surface area (Å²) >= 11 is 1.44. The van der Waals surface area contributed by atoms with Gasteiger partial charge in [-0.1, -0.05) is 17.4 Å². The van der Waals surface area contributed by atoms with Crippen LogP contribution in [-0.4, -0.2) is 75.7 Å². The number of aliphatic carboxylic acids is 2. The molecule has 220 valence electrons. The third kappa shape index (κ3) is 9.15. The highest BCUT2D eigenvalue weighted by atomic mass is 32.1. The van der Waals surface area contributed by atoms with Crippen molar-refractivity contribution < 1.29 is 29.3 Å². The van der Waals surface area contributed by atoms with Crippen LogP contribution in [0.2, 0.25) is 0 Å². The predicted octanol–water partition coefficient (Wildman–Crippen LogP) is 4.12. The summed E-state index contributed by atoms with van der Waals surface area (Å²) in [5.74, 6) is -0.113. The second-order valence-corrected chi connectivity index (χ2v) is 11.4. The number of benzene rings is 1. The smallest absolute Gasteiger partial charge is 0.300 e. The molecule has 2 aliphatic rings. The molecule has 5 rings (SSSR count). The Bertz CT molecular complexity index is 1390. The van der Waals surface area contributed by atoms with Crippen molar-refractivity contribution in [2.24, 2.45) is 0 Å². The molecule has 0 spiro atoms. The Labute approximate surface area is 243 Å². The van der Waals surface area contributed by atoms with Crippen LogP contribution in [-0.2, 0) is 22.6 Å². The van der Waals surface area contributed by atoms with Gasteiger partial charge in [0.05, 0.1) is 23.6 Å². The summed E-state index contributed by atoms with van der Waals surface area (Å²) in [7, 11) is 4.06. The molecular weight excluding hydrogens is 548 g/mol. The first kappa shape index (κ1) is 31.3. The highest BCUT2D eigenvalue weighted by Crippen LogP contribution is 2.42. The van der Waals surface area contributed by atoms with Crippen molar-refractivity contribution in [3.8, 4) is 5.75 Å². The van der Waals surface area contributed by atoms with Crippen LogP contribution in [0, 0.1) is 0 Å². The molecule has 1 amide bonds. The van der Waals surface area contributed by atoms with Crippen LogP contribution < -0.4 is 20.3 Å². The molecule has 41 heavy (non-hydrogen) atoms. The molecule has 0 unspecified atom stereocenters. The normalized spacial score (nSPS) is 14.6. The van der Waals surface area contributed by atoms with Crippen molar-refractivity contribution in [3.05, 3.63) is 52.7 Å². The lowest BCUT2D eigenvalue weighted by Gasteiger charge is -2.30. The zero-order valence-electron chi connectivity index (χ0n) is 24.0. The van der Waals surface area contributed by atoms with E-state index >= 15 is 0 Å². The number of pyridine rings is 1. The van der Waals surface area contributed by atoms with Gasteiger partial charge in [0.1, 0.15) is 23.1 Å². The number of thiazole rings is 1. The molecule has 1 aromatic carbocycles. The minimum atomic E-state index is -0.833. The predicted molar refractivity (Wildman–Crippen MR) is 158 cm³/mol. The van der Waals surface area contributed by atoms with Crippen molar-refractivity contribution in [3.63, 3.8) is 0 Å². The van der Waals surface area contributed by atoms with E-state index in [1.807, 2.05) is 58.3 Å². The monoisotopic (exact) mass is 584 g/mol. The van der Waals surface area contributed by atoms with Gasteiger partial charge in [-0.25, -0.2) is 9.97 Å². The number of carbonyl (C=O) groups excluding carboxylic acids is 1. The van der Waals surface area contributed by atoms with E-state index in [1.54, 1.807) is 0 Å². The topological polar surface area (TPSA) is 157 Å². The summed E-state index contributed by atoms with van der Waals surface area (Å²) in [5.41, 5.74) is 3.43. The number of hydrogen-bond acceptors (Lipinski definition) is 10.